The third-order valence-corrected chi connectivity index (χ3v) is 6.71. The minimum Gasteiger partial charge on any atom is -0.301 e. The van der Waals surface area contributed by atoms with E-state index in [1.54, 1.807) is 18.2 Å². The van der Waals surface area contributed by atoms with Gasteiger partial charge in [-0.1, -0.05) is 31.2 Å². The standard InChI is InChI=1S/C19H21F3N2O2S/c1-2-23-10-12-24(13-11-23)27(25,26)18-8-6-15(7-9-18)16-4-3-5-17(14-16)19(20,21)22/h3-9,14H,2,10-13H2,1H3. The maximum absolute atomic E-state index is 12.9. The predicted octanol–water partition coefficient (Wildman–Crippen LogP) is 3.70. The first kappa shape index (κ1) is 19.9. The van der Waals surface area contributed by atoms with Gasteiger partial charge in [-0.05, 0) is 41.9 Å². The topological polar surface area (TPSA) is 40.6 Å². The Kier molecular flexibility index (Phi) is 5.60. The Morgan fingerprint density at radius 1 is 0.926 bits per heavy atom. The van der Waals surface area contributed by atoms with Crippen molar-refractivity contribution in [3.05, 3.63) is 54.1 Å². The van der Waals surface area contributed by atoms with Gasteiger partial charge in [0, 0.05) is 26.2 Å². The Labute approximate surface area is 157 Å². The van der Waals surface area contributed by atoms with Crippen LogP contribution in [0.15, 0.2) is 53.4 Å². The summed E-state index contributed by atoms with van der Waals surface area (Å²) >= 11 is 0. The molecule has 0 saturated carbocycles. The summed E-state index contributed by atoms with van der Waals surface area (Å²) in [4.78, 5) is 2.34. The molecule has 3 rings (SSSR count). The molecule has 0 aliphatic carbocycles. The summed E-state index contributed by atoms with van der Waals surface area (Å²) in [7, 11) is -3.60. The van der Waals surface area contributed by atoms with E-state index in [2.05, 4.69) is 4.90 Å². The average molecular weight is 398 g/mol. The van der Waals surface area contributed by atoms with Gasteiger partial charge in [0.05, 0.1) is 10.5 Å². The van der Waals surface area contributed by atoms with Gasteiger partial charge in [-0.25, -0.2) is 8.42 Å². The molecule has 4 nitrogen and oxygen atoms in total. The summed E-state index contributed by atoms with van der Waals surface area (Å²) in [6.07, 6.45) is -4.42. The third kappa shape index (κ3) is 4.34. The van der Waals surface area contributed by atoms with Crippen LogP contribution >= 0.6 is 0 Å². The zero-order valence-corrected chi connectivity index (χ0v) is 15.7. The lowest BCUT2D eigenvalue weighted by Gasteiger charge is -2.33. The van der Waals surface area contributed by atoms with E-state index >= 15 is 0 Å². The quantitative estimate of drug-likeness (QED) is 0.789. The lowest BCUT2D eigenvalue weighted by atomic mass is 10.0. The SMILES string of the molecule is CCN1CCN(S(=O)(=O)c2ccc(-c3cccc(C(F)(F)F)c3)cc2)CC1. The first-order valence-electron chi connectivity index (χ1n) is 8.72. The minimum absolute atomic E-state index is 0.156. The molecule has 0 aromatic heterocycles. The largest absolute Gasteiger partial charge is 0.416 e. The number of rotatable bonds is 4. The number of nitrogens with zero attached hydrogens (tertiary/aromatic N) is 2. The molecule has 27 heavy (non-hydrogen) atoms. The van der Waals surface area contributed by atoms with E-state index in [0.717, 1.165) is 18.7 Å². The Morgan fingerprint density at radius 3 is 2.11 bits per heavy atom. The van der Waals surface area contributed by atoms with Gasteiger partial charge in [0.1, 0.15) is 0 Å². The number of likely N-dealkylation sites (N-methyl/N-ethyl adjacent to an activating group) is 1. The van der Waals surface area contributed by atoms with E-state index in [1.807, 2.05) is 6.92 Å². The van der Waals surface area contributed by atoms with Crippen LogP contribution in [0.25, 0.3) is 11.1 Å². The van der Waals surface area contributed by atoms with Gasteiger partial charge in [-0.3, -0.25) is 0 Å². The second-order valence-corrected chi connectivity index (χ2v) is 8.38. The fourth-order valence-corrected chi connectivity index (χ4v) is 4.55. The zero-order valence-electron chi connectivity index (χ0n) is 14.9. The van der Waals surface area contributed by atoms with Gasteiger partial charge < -0.3 is 4.90 Å². The Balaban J connectivity index is 1.81. The van der Waals surface area contributed by atoms with Crippen LogP contribution in [0.5, 0.6) is 0 Å². The van der Waals surface area contributed by atoms with E-state index in [0.29, 0.717) is 37.3 Å². The number of benzene rings is 2. The van der Waals surface area contributed by atoms with Crippen molar-refractivity contribution >= 4 is 10.0 Å². The molecule has 0 unspecified atom stereocenters. The highest BCUT2D eigenvalue weighted by Crippen LogP contribution is 2.32. The highest BCUT2D eigenvalue weighted by Gasteiger charge is 2.31. The van der Waals surface area contributed by atoms with Crippen molar-refractivity contribution in [3.63, 3.8) is 0 Å². The summed E-state index contributed by atoms with van der Waals surface area (Å²) in [6.45, 7) is 5.18. The van der Waals surface area contributed by atoms with Crippen molar-refractivity contribution in [1.29, 1.82) is 0 Å². The van der Waals surface area contributed by atoms with Gasteiger partial charge >= 0.3 is 6.18 Å². The van der Waals surface area contributed by atoms with E-state index in [-0.39, 0.29) is 4.90 Å². The van der Waals surface area contributed by atoms with Crippen molar-refractivity contribution in [3.8, 4) is 11.1 Å². The number of sulfonamides is 1. The van der Waals surface area contributed by atoms with Crippen molar-refractivity contribution in [2.24, 2.45) is 0 Å². The first-order valence-corrected chi connectivity index (χ1v) is 10.2. The molecule has 0 amide bonds. The molecular weight excluding hydrogens is 377 g/mol. The van der Waals surface area contributed by atoms with E-state index in [4.69, 9.17) is 0 Å². The molecule has 0 spiro atoms. The van der Waals surface area contributed by atoms with Crippen LogP contribution in [0.3, 0.4) is 0 Å². The smallest absolute Gasteiger partial charge is 0.301 e. The van der Waals surface area contributed by atoms with E-state index < -0.39 is 21.8 Å². The van der Waals surface area contributed by atoms with Gasteiger partial charge in [-0.2, -0.15) is 17.5 Å². The molecule has 2 aromatic carbocycles. The monoisotopic (exact) mass is 398 g/mol. The Bertz CT molecular complexity index is 888. The van der Waals surface area contributed by atoms with Crippen molar-refractivity contribution in [2.45, 2.75) is 18.0 Å². The zero-order chi connectivity index (χ0) is 19.7. The van der Waals surface area contributed by atoms with Gasteiger partial charge in [0.15, 0.2) is 0 Å². The fraction of sp³-hybridized carbons (Fsp3) is 0.368. The second kappa shape index (κ2) is 7.61. The van der Waals surface area contributed by atoms with Crippen LogP contribution in [-0.4, -0.2) is 50.3 Å². The summed E-state index contributed by atoms with van der Waals surface area (Å²) < 4.78 is 65.6. The van der Waals surface area contributed by atoms with Crippen molar-refractivity contribution < 1.29 is 21.6 Å². The molecule has 0 bridgehead atoms. The summed E-state index contributed by atoms with van der Waals surface area (Å²) in [5, 5.41) is 0. The van der Waals surface area contributed by atoms with Crippen molar-refractivity contribution in [1.82, 2.24) is 9.21 Å². The Hall–Kier alpha value is -1.90. The number of hydrogen-bond donors (Lipinski definition) is 0. The summed E-state index contributed by atoms with van der Waals surface area (Å²) in [5.74, 6) is 0. The summed E-state index contributed by atoms with van der Waals surface area (Å²) in [5.41, 5.74) is 0.201. The lowest BCUT2D eigenvalue weighted by Crippen LogP contribution is -2.48. The van der Waals surface area contributed by atoms with E-state index in [1.165, 1.54) is 22.5 Å². The maximum atomic E-state index is 12.9. The molecule has 146 valence electrons. The average Bonchev–Trinajstić information content (AvgIpc) is 2.67. The van der Waals surface area contributed by atoms with Crippen LogP contribution in [0.4, 0.5) is 13.2 Å². The molecule has 0 radical (unpaired) electrons. The Morgan fingerprint density at radius 2 is 1.56 bits per heavy atom. The van der Waals surface area contributed by atoms with Crippen LogP contribution in [-0.2, 0) is 16.2 Å². The number of hydrogen-bond acceptors (Lipinski definition) is 3. The van der Waals surface area contributed by atoms with Crippen molar-refractivity contribution in [2.75, 3.05) is 32.7 Å². The van der Waals surface area contributed by atoms with Gasteiger partial charge in [-0.15, -0.1) is 0 Å². The highest BCUT2D eigenvalue weighted by molar-refractivity contribution is 7.89. The van der Waals surface area contributed by atoms with Crippen LogP contribution in [0, 0.1) is 0 Å². The fourth-order valence-electron chi connectivity index (χ4n) is 3.13. The van der Waals surface area contributed by atoms with Gasteiger partial charge in [0.25, 0.3) is 0 Å². The third-order valence-electron chi connectivity index (χ3n) is 4.79. The molecule has 1 saturated heterocycles. The number of halogens is 3. The summed E-state index contributed by atoms with van der Waals surface area (Å²) in [6, 6.07) is 11.0. The lowest BCUT2D eigenvalue weighted by molar-refractivity contribution is -0.137. The molecule has 1 aliphatic rings. The normalized spacial score (nSPS) is 17.2. The molecule has 8 heteroatoms. The number of alkyl halides is 3. The predicted molar refractivity (Wildman–Crippen MR) is 97.8 cm³/mol. The molecule has 1 fully saturated rings. The first-order chi connectivity index (χ1) is 12.7. The maximum Gasteiger partial charge on any atom is 0.416 e. The molecule has 1 heterocycles. The van der Waals surface area contributed by atoms with Crippen LogP contribution < -0.4 is 0 Å². The molecule has 0 atom stereocenters. The molecule has 2 aromatic rings. The van der Waals surface area contributed by atoms with Gasteiger partial charge in [0.2, 0.25) is 10.0 Å². The molecule has 1 aliphatic heterocycles. The van der Waals surface area contributed by atoms with E-state index in [9.17, 15) is 21.6 Å². The minimum atomic E-state index is -4.42. The van der Waals surface area contributed by atoms with Crippen LogP contribution in [0.1, 0.15) is 12.5 Å². The van der Waals surface area contributed by atoms with Crippen LogP contribution in [0.2, 0.25) is 0 Å². The molecular formula is C19H21F3N2O2S. The second-order valence-electron chi connectivity index (χ2n) is 6.44. The molecule has 0 N–H and O–H groups in total. The number of piperazine rings is 1. The highest BCUT2D eigenvalue weighted by atomic mass is 32.2.